The molecule has 1 fully saturated rings. The average molecular weight is 236 g/mol. The summed E-state index contributed by atoms with van der Waals surface area (Å²) in [5.74, 6) is -0.387. The van der Waals surface area contributed by atoms with Crippen LogP contribution in [0.4, 0.5) is 4.39 Å². The minimum absolute atomic E-state index is 0.0722. The van der Waals surface area contributed by atoms with Crippen molar-refractivity contribution in [2.45, 2.75) is 6.92 Å². The van der Waals surface area contributed by atoms with Crippen molar-refractivity contribution >= 4 is 5.91 Å². The Morgan fingerprint density at radius 3 is 2.47 bits per heavy atom. The highest BCUT2D eigenvalue weighted by Gasteiger charge is 2.20. The molecule has 0 N–H and O–H groups in total. The van der Waals surface area contributed by atoms with Crippen LogP contribution in [0.5, 0.6) is 0 Å². The van der Waals surface area contributed by atoms with E-state index in [1.54, 1.807) is 24.0 Å². The lowest BCUT2D eigenvalue weighted by atomic mass is 10.1. The van der Waals surface area contributed by atoms with Gasteiger partial charge in [-0.05, 0) is 31.7 Å². The first-order chi connectivity index (χ1) is 8.08. The van der Waals surface area contributed by atoms with E-state index in [1.165, 1.54) is 6.07 Å². The molecule has 92 valence electrons. The molecular formula is C13H17FN2O. The first-order valence-corrected chi connectivity index (χ1v) is 5.82. The SMILES string of the molecule is Cc1ccc(C(=O)N2CCN(C)CC2)cc1F. The second-order valence-electron chi connectivity index (χ2n) is 4.56. The van der Waals surface area contributed by atoms with E-state index in [0.717, 1.165) is 13.1 Å². The molecule has 0 saturated carbocycles. The molecule has 1 heterocycles. The van der Waals surface area contributed by atoms with E-state index in [0.29, 0.717) is 24.2 Å². The molecule has 1 amide bonds. The van der Waals surface area contributed by atoms with Gasteiger partial charge in [-0.1, -0.05) is 6.07 Å². The van der Waals surface area contributed by atoms with Crippen LogP contribution in [0.1, 0.15) is 15.9 Å². The van der Waals surface area contributed by atoms with E-state index in [-0.39, 0.29) is 11.7 Å². The van der Waals surface area contributed by atoms with Gasteiger partial charge in [-0.15, -0.1) is 0 Å². The van der Waals surface area contributed by atoms with Crippen LogP contribution >= 0.6 is 0 Å². The summed E-state index contributed by atoms with van der Waals surface area (Å²) in [6, 6.07) is 4.67. The number of rotatable bonds is 1. The smallest absolute Gasteiger partial charge is 0.254 e. The number of halogens is 1. The number of aryl methyl sites for hydroxylation is 1. The van der Waals surface area contributed by atoms with E-state index in [2.05, 4.69) is 4.90 Å². The molecule has 3 nitrogen and oxygen atoms in total. The maximum absolute atomic E-state index is 13.4. The third-order valence-corrected chi connectivity index (χ3v) is 3.21. The number of nitrogens with zero attached hydrogens (tertiary/aromatic N) is 2. The van der Waals surface area contributed by atoms with Crippen LogP contribution in [0.25, 0.3) is 0 Å². The molecule has 0 spiro atoms. The lowest BCUT2D eigenvalue weighted by molar-refractivity contribution is 0.0663. The Balaban J connectivity index is 2.11. The molecule has 0 unspecified atom stereocenters. The zero-order valence-corrected chi connectivity index (χ0v) is 10.2. The van der Waals surface area contributed by atoms with Crippen molar-refractivity contribution in [2.75, 3.05) is 33.2 Å². The van der Waals surface area contributed by atoms with Crippen LogP contribution in [-0.4, -0.2) is 48.9 Å². The topological polar surface area (TPSA) is 23.6 Å². The van der Waals surface area contributed by atoms with Gasteiger partial charge in [0.25, 0.3) is 5.91 Å². The highest BCUT2D eigenvalue weighted by Crippen LogP contribution is 2.12. The second-order valence-corrected chi connectivity index (χ2v) is 4.56. The highest BCUT2D eigenvalue weighted by molar-refractivity contribution is 5.94. The first kappa shape index (κ1) is 12.0. The summed E-state index contributed by atoms with van der Waals surface area (Å²) >= 11 is 0. The molecule has 0 aromatic heterocycles. The minimum atomic E-state index is -0.315. The summed E-state index contributed by atoms with van der Waals surface area (Å²) in [5.41, 5.74) is 1.01. The van der Waals surface area contributed by atoms with Gasteiger partial charge in [0.05, 0.1) is 0 Å². The second kappa shape index (κ2) is 4.84. The zero-order valence-electron chi connectivity index (χ0n) is 10.2. The standard InChI is InChI=1S/C13H17FN2O/c1-10-3-4-11(9-12(10)14)13(17)16-7-5-15(2)6-8-16/h3-4,9H,5-8H2,1-2H3. The summed E-state index contributed by atoms with van der Waals surface area (Å²) in [6.45, 7) is 4.87. The number of hydrogen-bond acceptors (Lipinski definition) is 2. The number of likely N-dealkylation sites (N-methyl/N-ethyl adjacent to an activating group) is 1. The van der Waals surface area contributed by atoms with Gasteiger partial charge < -0.3 is 9.80 Å². The maximum atomic E-state index is 13.4. The maximum Gasteiger partial charge on any atom is 0.254 e. The number of carbonyl (C=O) groups excluding carboxylic acids is 1. The predicted octanol–water partition coefficient (Wildman–Crippen LogP) is 1.52. The lowest BCUT2D eigenvalue weighted by Crippen LogP contribution is -2.47. The number of amides is 1. The van der Waals surface area contributed by atoms with E-state index in [1.807, 2.05) is 7.05 Å². The molecule has 4 heteroatoms. The van der Waals surface area contributed by atoms with Gasteiger partial charge in [0.2, 0.25) is 0 Å². The molecule has 1 aliphatic heterocycles. The summed E-state index contributed by atoms with van der Waals surface area (Å²) in [7, 11) is 2.04. The Labute approximate surface area is 101 Å². The van der Waals surface area contributed by atoms with Gasteiger partial charge in [0, 0.05) is 31.7 Å². The third kappa shape index (κ3) is 2.64. The van der Waals surface area contributed by atoms with Gasteiger partial charge in [0.15, 0.2) is 0 Å². The third-order valence-electron chi connectivity index (χ3n) is 3.21. The van der Waals surface area contributed by atoms with Gasteiger partial charge in [-0.3, -0.25) is 4.79 Å². The van der Waals surface area contributed by atoms with E-state index in [4.69, 9.17) is 0 Å². The Kier molecular flexibility index (Phi) is 3.43. The van der Waals surface area contributed by atoms with Crippen molar-refractivity contribution in [3.05, 3.63) is 35.1 Å². The Bertz CT molecular complexity index is 425. The van der Waals surface area contributed by atoms with Crippen LogP contribution in [-0.2, 0) is 0 Å². The Hall–Kier alpha value is -1.42. The van der Waals surface area contributed by atoms with Crippen molar-refractivity contribution in [1.82, 2.24) is 9.80 Å². The van der Waals surface area contributed by atoms with Crippen molar-refractivity contribution < 1.29 is 9.18 Å². The summed E-state index contributed by atoms with van der Waals surface area (Å²) in [4.78, 5) is 16.1. The molecule has 0 bridgehead atoms. The van der Waals surface area contributed by atoms with Gasteiger partial charge in [0.1, 0.15) is 5.82 Å². The number of benzene rings is 1. The van der Waals surface area contributed by atoms with Gasteiger partial charge >= 0.3 is 0 Å². The lowest BCUT2D eigenvalue weighted by Gasteiger charge is -2.32. The van der Waals surface area contributed by atoms with E-state index in [9.17, 15) is 9.18 Å². The van der Waals surface area contributed by atoms with Crippen LogP contribution in [0.2, 0.25) is 0 Å². The van der Waals surface area contributed by atoms with Gasteiger partial charge in [-0.25, -0.2) is 4.39 Å². The Morgan fingerprint density at radius 2 is 1.88 bits per heavy atom. The van der Waals surface area contributed by atoms with Crippen molar-refractivity contribution in [1.29, 1.82) is 0 Å². The minimum Gasteiger partial charge on any atom is -0.336 e. The van der Waals surface area contributed by atoms with Crippen molar-refractivity contribution in [3.8, 4) is 0 Å². The molecule has 1 saturated heterocycles. The molecule has 2 rings (SSSR count). The summed E-state index contributed by atoms with van der Waals surface area (Å²) in [6.07, 6.45) is 0. The number of piperazine rings is 1. The fourth-order valence-corrected chi connectivity index (χ4v) is 1.92. The number of hydrogen-bond donors (Lipinski definition) is 0. The van der Waals surface area contributed by atoms with Gasteiger partial charge in [-0.2, -0.15) is 0 Å². The quantitative estimate of drug-likeness (QED) is 0.738. The largest absolute Gasteiger partial charge is 0.336 e. The zero-order chi connectivity index (χ0) is 12.4. The molecule has 1 aliphatic rings. The average Bonchev–Trinajstić information content (AvgIpc) is 2.33. The fourth-order valence-electron chi connectivity index (χ4n) is 1.92. The van der Waals surface area contributed by atoms with Crippen LogP contribution in [0.15, 0.2) is 18.2 Å². The molecule has 0 atom stereocenters. The monoisotopic (exact) mass is 236 g/mol. The highest BCUT2D eigenvalue weighted by atomic mass is 19.1. The molecule has 1 aromatic rings. The van der Waals surface area contributed by atoms with E-state index < -0.39 is 0 Å². The van der Waals surface area contributed by atoms with Crippen molar-refractivity contribution in [3.63, 3.8) is 0 Å². The molecular weight excluding hydrogens is 219 g/mol. The number of carbonyl (C=O) groups is 1. The van der Waals surface area contributed by atoms with Crippen LogP contribution in [0, 0.1) is 12.7 Å². The normalized spacial score (nSPS) is 17.2. The molecule has 17 heavy (non-hydrogen) atoms. The Morgan fingerprint density at radius 1 is 1.24 bits per heavy atom. The molecule has 0 aliphatic carbocycles. The van der Waals surface area contributed by atoms with Crippen LogP contribution in [0.3, 0.4) is 0 Å². The predicted molar refractivity (Wildman–Crippen MR) is 64.5 cm³/mol. The fraction of sp³-hybridized carbons (Fsp3) is 0.462. The molecule has 1 aromatic carbocycles. The summed E-state index contributed by atoms with van der Waals surface area (Å²) < 4.78 is 13.4. The summed E-state index contributed by atoms with van der Waals surface area (Å²) in [5, 5.41) is 0. The van der Waals surface area contributed by atoms with Crippen molar-refractivity contribution in [2.24, 2.45) is 0 Å². The first-order valence-electron chi connectivity index (χ1n) is 5.82. The van der Waals surface area contributed by atoms with E-state index >= 15 is 0 Å². The van der Waals surface area contributed by atoms with Crippen LogP contribution < -0.4 is 0 Å². The molecule has 0 radical (unpaired) electrons.